The highest BCUT2D eigenvalue weighted by Gasteiger charge is 2.43. The molecule has 0 bridgehead atoms. The Bertz CT molecular complexity index is 426. The van der Waals surface area contributed by atoms with E-state index in [9.17, 15) is 4.39 Å². The second kappa shape index (κ2) is 7.22. The van der Waals surface area contributed by atoms with E-state index < -0.39 is 5.82 Å². The normalized spacial score (nSPS) is 25.3. The van der Waals surface area contributed by atoms with Gasteiger partial charge in [0.25, 0.3) is 0 Å². The predicted molar refractivity (Wildman–Crippen MR) is 74.9 cm³/mol. The Morgan fingerprint density at radius 2 is 2.20 bits per heavy atom. The first-order valence-electron chi connectivity index (χ1n) is 6.55. The Morgan fingerprint density at radius 1 is 1.40 bits per heavy atom. The summed E-state index contributed by atoms with van der Waals surface area (Å²) in [6.07, 6.45) is 0.406. The van der Waals surface area contributed by atoms with Crippen molar-refractivity contribution in [2.45, 2.75) is 24.7 Å². The molecule has 0 heterocycles. The molecule has 1 aromatic carbocycles. The van der Waals surface area contributed by atoms with E-state index in [2.05, 4.69) is 5.32 Å². The first-order valence-corrected chi connectivity index (χ1v) is 6.93. The number of rotatable bonds is 7. The number of likely N-dealkylation sites (N-methyl/N-ethyl adjacent to an activating group) is 1. The Labute approximate surface area is 123 Å². The van der Waals surface area contributed by atoms with Crippen LogP contribution in [0.3, 0.4) is 0 Å². The molecule has 0 spiro atoms. The number of hydrogen-bond acceptors (Lipinski definition) is 4. The van der Waals surface area contributed by atoms with E-state index in [4.69, 9.17) is 25.8 Å². The van der Waals surface area contributed by atoms with Crippen molar-refractivity contribution in [3.63, 3.8) is 0 Å². The number of halogens is 2. The lowest BCUT2D eigenvalue weighted by atomic mass is 9.85. The number of para-hydroxylation sites is 1. The molecule has 4 nitrogen and oxygen atoms in total. The van der Waals surface area contributed by atoms with Crippen LogP contribution in [0.2, 0.25) is 5.02 Å². The molecule has 0 aromatic heterocycles. The van der Waals surface area contributed by atoms with Crippen molar-refractivity contribution in [1.82, 2.24) is 5.32 Å². The second-order valence-electron chi connectivity index (χ2n) is 4.67. The molecular formula is C14H19ClFNO3. The van der Waals surface area contributed by atoms with Crippen molar-refractivity contribution in [2.75, 3.05) is 27.4 Å². The smallest absolute Gasteiger partial charge is 0.174 e. The van der Waals surface area contributed by atoms with Gasteiger partial charge in [0.1, 0.15) is 12.2 Å². The number of nitrogens with one attached hydrogen (secondary N) is 1. The van der Waals surface area contributed by atoms with Gasteiger partial charge < -0.3 is 19.5 Å². The van der Waals surface area contributed by atoms with Gasteiger partial charge in [0.2, 0.25) is 0 Å². The summed E-state index contributed by atoms with van der Waals surface area (Å²) in [6, 6.07) is 4.68. The summed E-state index contributed by atoms with van der Waals surface area (Å²) in [5.41, 5.74) is 0. The fraction of sp³-hybridized carbons (Fsp3) is 0.571. The van der Waals surface area contributed by atoms with Crippen LogP contribution in [-0.2, 0) is 9.47 Å². The molecule has 1 aromatic rings. The highest BCUT2D eigenvalue weighted by molar-refractivity contribution is 6.32. The number of hydrogen-bond donors (Lipinski definition) is 1. The zero-order valence-corrected chi connectivity index (χ0v) is 12.3. The lowest BCUT2D eigenvalue weighted by Crippen LogP contribution is -2.60. The van der Waals surface area contributed by atoms with Crippen LogP contribution in [0, 0.1) is 5.82 Å². The SMILES string of the molecule is CNC1CC(Oc2c(F)cccc2Cl)C1OCCOC. The third-order valence-electron chi connectivity index (χ3n) is 3.41. The summed E-state index contributed by atoms with van der Waals surface area (Å²) in [5.74, 6) is -0.366. The van der Waals surface area contributed by atoms with Gasteiger partial charge in [-0.25, -0.2) is 4.39 Å². The minimum atomic E-state index is -0.457. The summed E-state index contributed by atoms with van der Waals surface area (Å²) in [6.45, 7) is 0.990. The summed E-state index contributed by atoms with van der Waals surface area (Å²) in [4.78, 5) is 0. The van der Waals surface area contributed by atoms with Crippen molar-refractivity contribution < 1.29 is 18.6 Å². The Morgan fingerprint density at radius 3 is 2.85 bits per heavy atom. The van der Waals surface area contributed by atoms with Gasteiger partial charge in [-0.1, -0.05) is 17.7 Å². The van der Waals surface area contributed by atoms with Crippen LogP contribution in [0.4, 0.5) is 4.39 Å². The first kappa shape index (κ1) is 15.5. The molecule has 1 aliphatic rings. The van der Waals surface area contributed by atoms with Crippen LogP contribution >= 0.6 is 11.6 Å². The van der Waals surface area contributed by atoms with Gasteiger partial charge in [-0.15, -0.1) is 0 Å². The lowest BCUT2D eigenvalue weighted by molar-refractivity contribution is -0.115. The second-order valence-corrected chi connectivity index (χ2v) is 5.07. The fourth-order valence-electron chi connectivity index (χ4n) is 2.22. The summed E-state index contributed by atoms with van der Waals surface area (Å²) < 4.78 is 30.0. The highest BCUT2D eigenvalue weighted by atomic mass is 35.5. The zero-order valence-electron chi connectivity index (χ0n) is 11.6. The lowest BCUT2D eigenvalue weighted by Gasteiger charge is -2.43. The van der Waals surface area contributed by atoms with Crippen LogP contribution in [-0.4, -0.2) is 45.6 Å². The molecule has 1 N–H and O–H groups in total. The van der Waals surface area contributed by atoms with E-state index in [1.54, 1.807) is 19.2 Å². The van der Waals surface area contributed by atoms with E-state index in [1.165, 1.54) is 6.07 Å². The van der Waals surface area contributed by atoms with E-state index in [0.717, 1.165) is 6.42 Å². The topological polar surface area (TPSA) is 39.7 Å². The molecule has 6 heteroatoms. The maximum atomic E-state index is 13.7. The molecule has 112 valence electrons. The molecule has 3 unspecified atom stereocenters. The van der Waals surface area contributed by atoms with Crippen LogP contribution < -0.4 is 10.1 Å². The molecule has 1 fully saturated rings. The molecule has 3 atom stereocenters. The fourth-order valence-corrected chi connectivity index (χ4v) is 2.42. The molecule has 20 heavy (non-hydrogen) atoms. The minimum Gasteiger partial charge on any atom is -0.483 e. The van der Waals surface area contributed by atoms with Gasteiger partial charge in [-0.2, -0.15) is 0 Å². The zero-order chi connectivity index (χ0) is 14.5. The maximum absolute atomic E-state index is 13.7. The van der Waals surface area contributed by atoms with Gasteiger partial charge >= 0.3 is 0 Å². The quantitative estimate of drug-likeness (QED) is 0.784. The van der Waals surface area contributed by atoms with Crippen molar-refractivity contribution in [3.05, 3.63) is 29.0 Å². The van der Waals surface area contributed by atoms with Gasteiger partial charge in [0.05, 0.1) is 18.2 Å². The molecule has 0 amide bonds. The van der Waals surface area contributed by atoms with E-state index in [-0.39, 0.29) is 29.0 Å². The predicted octanol–water partition coefficient (Wildman–Crippen LogP) is 2.25. The average molecular weight is 304 g/mol. The Hall–Kier alpha value is -0.880. The number of ether oxygens (including phenoxy) is 3. The molecule has 0 radical (unpaired) electrons. The van der Waals surface area contributed by atoms with Crippen molar-refractivity contribution in [3.8, 4) is 5.75 Å². The van der Waals surface area contributed by atoms with E-state index in [0.29, 0.717) is 13.2 Å². The number of methoxy groups -OCH3 is 1. The van der Waals surface area contributed by atoms with Gasteiger partial charge in [0.15, 0.2) is 11.6 Å². The largest absolute Gasteiger partial charge is 0.483 e. The summed E-state index contributed by atoms with van der Waals surface area (Å²) in [5, 5.41) is 3.42. The third-order valence-corrected chi connectivity index (χ3v) is 3.70. The molecule has 0 saturated heterocycles. The van der Waals surface area contributed by atoms with Gasteiger partial charge in [-0.3, -0.25) is 0 Å². The maximum Gasteiger partial charge on any atom is 0.174 e. The standard InChI is InChI=1S/C14H19ClFNO3/c1-17-11-8-12(14(11)19-7-6-18-2)20-13-9(15)4-3-5-10(13)16/h3-5,11-12,14,17H,6-8H2,1-2H3. The summed E-state index contributed by atoms with van der Waals surface area (Å²) in [7, 11) is 3.48. The van der Waals surface area contributed by atoms with Crippen LogP contribution in [0.25, 0.3) is 0 Å². The molecular weight excluding hydrogens is 285 g/mol. The Kier molecular flexibility index (Phi) is 5.60. The highest BCUT2D eigenvalue weighted by Crippen LogP contribution is 2.34. The van der Waals surface area contributed by atoms with Crippen LogP contribution in [0.5, 0.6) is 5.75 Å². The molecule has 1 aliphatic carbocycles. The molecule has 1 saturated carbocycles. The van der Waals surface area contributed by atoms with Crippen LogP contribution in [0.1, 0.15) is 6.42 Å². The third kappa shape index (κ3) is 3.41. The number of benzene rings is 1. The average Bonchev–Trinajstić information content (AvgIpc) is 2.41. The van der Waals surface area contributed by atoms with Crippen molar-refractivity contribution in [1.29, 1.82) is 0 Å². The van der Waals surface area contributed by atoms with Gasteiger partial charge in [-0.05, 0) is 19.2 Å². The van der Waals surface area contributed by atoms with E-state index >= 15 is 0 Å². The molecule has 0 aliphatic heterocycles. The Balaban J connectivity index is 1.98. The van der Waals surface area contributed by atoms with Crippen molar-refractivity contribution >= 4 is 11.6 Å². The first-order chi connectivity index (χ1) is 9.67. The van der Waals surface area contributed by atoms with E-state index in [1.807, 2.05) is 7.05 Å². The summed E-state index contributed by atoms with van der Waals surface area (Å²) >= 11 is 5.96. The monoisotopic (exact) mass is 303 g/mol. The minimum absolute atomic E-state index is 0.0917. The van der Waals surface area contributed by atoms with Crippen molar-refractivity contribution in [2.24, 2.45) is 0 Å². The van der Waals surface area contributed by atoms with Gasteiger partial charge in [0, 0.05) is 19.6 Å². The molecule has 2 rings (SSSR count). The van der Waals surface area contributed by atoms with Crippen LogP contribution in [0.15, 0.2) is 18.2 Å².